The van der Waals surface area contributed by atoms with E-state index in [4.69, 9.17) is 9.47 Å². The highest BCUT2D eigenvalue weighted by Crippen LogP contribution is 2.35. The number of nitrogens with zero attached hydrogens (tertiary/aromatic N) is 1. The molecule has 1 amide bonds. The predicted molar refractivity (Wildman–Crippen MR) is 81.0 cm³/mol. The smallest absolute Gasteiger partial charge is 0.410 e. The monoisotopic (exact) mass is 299 g/mol. The van der Waals surface area contributed by atoms with E-state index in [9.17, 15) is 9.59 Å². The Labute approximate surface area is 128 Å². The fourth-order valence-electron chi connectivity index (χ4n) is 2.43. The summed E-state index contributed by atoms with van der Waals surface area (Å²) in [5.74, 6) is -0.347. The molecule has 0 saturated carbocycles. The zero-order valence-electron chi connectivity index (χ0n) is 14.2. The first-order chi connectivity index (χ1) is 9.56. The molecule has 0 radical (unpaired) electrons. The minimum Gasteiger partial charge on any atom is -0.458 e. The molecule has 1 aliphatic heterocycles. The third-order valence-electron chi connectivity index (χ3n) is 3.36. The van der Waals surface area contributed by atoms with E-state index in [2.05, 4.69) is 0 Å². The highest BCUT2D eigenvalue weighted by Gasteiger charge is 2.46. The maximum atomic E-state index is 12.3. The van der Waals surface area contributed by atoms with Gasteiger partial charge < -0.3 is 9.47 Å². The molecule has 5 heteroatoms. The van der Waals surface area contributed by atoms with Gasteiger partial charge in [-0.25, -0.2) is 9.59 Å². The largest absolute Gasteiger partial charge is 0.458 e. The lowest BCUT2D eigenvalue weighted by atomic mass is 9.91. The van der Waals surface area contributed by atoms with Gasteiger partial charge in [0.1, 0.15) is 11.6 Å². The first-order valence-electron chi connectivity index (χ1n) is 7.72. The third kappa shape index (κ3) is 5.56. The number of rotatable bonds is 4. The van der Waals surface area contributed by atoms with Gasteiger partial charge in [0.25, 0.3) is 0 Å². The molecule has 122 valence electrons. The van der Waals surface area contributed by atoms with Crippen molar-refractivity contribution in [2.75, 3.05) is 13.2 Å². The summed E-state index contributed by atoms with van der Waals surface area (Å²) in [5, 5.41) is 0. The summed E-state index contributed by atoms with van der Waals surface area (Å²) in [5.41, 5.74) is -0.660. The summed E-state index contributed by atoms with van der Waals surface area (Å²) < 4.78 is 10.7. The van der Waals surface area contributed by atoms with Crippen LogP contribution in [0.15, 0.2) is 0 Å². The highest BCUT2D eigenvalue weighted by molar-refractivity contribution is 5.82. The number of likely N-dealkylation sites (tertiary alicyclic amines) is 1. The number of esters is 1. The summed E-state index contributed by atoms with van der Waals surface area (Å²) in [6.45, 7) is 12.5. The van der Waals surface area contributed by atoms with Gasteiger partial charge in [-0.15, -0.1) is 0 Å². The Morgan fingerprint density at radius 2 is 1.90 bits per heavy atom. The van der Waals surface area contributed by atoms with Crippen molar-refractivity contribution < 1.29 is 19.1 Å². The Bertz CT molecular complexity index is 384. The topological polar surface area (TPSA) is 55.8 Å². The van der Waals surface area contributed by atoms with E-state index in [1.54, 1.807) is 0 Å². The Kier molecular flexibility index (Phi) is 5.65. The first kappa shape index (κ1) is 17.8. The zero-order chi connectivity index (χ0) is 16.3. The maximum absolute atomic E-state index is 12.3. The predicted octanol–water partition coefficient (Wildman–Crippen LogP) is 3.37. The van der Waals surface area contributed by atoms with Crippen molar-refractivity contribution in [1.82, 2.24) is 4.90 Å². The van der Waals surface area contributed by atoms with Gasteiger partial charge in [-0.05, 0) is 39.0 Å². The van der Waals surface area contributed by atoms with Crippen molar-refractivity contribution in [3.8, 4) is 0 Å². The number of hydrogen-bond donors (Lipinski definition) is 0. The third-order valence-corrected chi connectivity index (χ3v) is 3.36. The van der Waals surface area contributed by atoms with Crippen LogP contribution < -0.4 is 0 Å². The van der Waals surface area contributed by atoms with Gasteiger partial charge in [0.05, 0.1) is 6.61 Å². The van der Waals surface area contributed by atoms with Crippen LogP contribution in [0.3, 0.4) is 0 Å². The normalized spacial score (nSPS) is 21.2. The molecule has 1 atom stereocenters. The van der Waals surface area contributed by atoms with Crippen LogP contribution in [0.4, 0.5) is 4.79 Å². The van der Waals surface area contributed by atoms with Crippen molar-refractivity contribution in [1.29, 1.82) is 0 Å². The second kappa shape index (κ2) is 6.67. The Balaban J connectivity index is 2.74. The number of ether oxygens (including phenoxy) is 2. The van der Waals surface area contributed by atoms with Crippen LogP contribution in [0.25, 0.3) is 0 Å². The van der Waals surface area contributed by atoms with Crippen LogP contribution >= 0.6 is 0 Å². The van der Waals surface area contributed by atoms with Gasteiger partial charge in [-0.3, -0.25) is 4.90 Å². The van der Waals surface area contributed by atoms with E-state index >= 15 is 0 Å². The van der Waals surface area contributed by atoms with E-state index in [0.717, 1.165) is 12.8 Å². The highest BCUT2D eigenvalue weighted by atomic mass is 16.6. The summed E-state index contributed by atoms with van der Waals surface area (Å²) in [6.07, 6.45) is 1.99. The maximum Gasteiger partial charge on any atom is 0.410 e. The summed E-state index contributed by atoms with van der Waals surface area (Å²) in [6, 6.07) is -0.548. The molecule has 0 aromatic carbocycles. The van der Waals surface area contributed by atoms with Crippen LogP contribution in [0, 0.1) is 5.41 Å². The molecular formula is C16H29NO4. The molecule has 1 rings (SSSR count). The Morgan fingerprint density at radius 1 is 1.29 bits per heavy atom. The van der Waals surface area contributed by atoms with E-state index in [1.807, 2.05) is 41.5 Å². The molecule has 1 aliphatic rings. The molecule has 0 spiro atoms. The van der Waals surface area contributed by atoms with Gasteiger partial charge in [0.2, 0.25) is 0 Å². The summed E-state index contributed by atoms with van der Waals surface area (Å²) in [4.78, 5) is 26.0. The SMILES string of the molecule is CCCCOC(=O)N1CC(C)(C)C[C@H]1C(=O)OC(C)(C)C. The number of carbonyl (C=O) groups is 2. The molecule has 0 aromatic rings. The quantitative estimate of drug-likeness (QED) is 0.590. The first-order valence-corrected chi connectivity index (χ1v) is 7.72. The van der Waals surface area contributed by atoms with Gasteiger partial charge in [0.15, 0.2) is 0 Å². The van der Waals surface area contributed by atoms with Gasteiger partial charge in [-0.2, -0.15) is 0 Å². The van der Waals surface area contributed by atoms with Crippen molar-refractivity contribution in [3.05, 3.63) is 0 Å². The molecule has 0 aliphatic carbocycles. The molecular weight excluding hydrogens is 270 g/mol. The van der Waals surface area contributed by atoms with Crippen LogP contribution in [0.1, 0.15) is 60.8 Å². The van der Waals surface area contributed by atoms with Crippen molar-refractivity contribution in [3.63, 3.8) is 0 Å². The van der Waals surface area contributed by atoms with E-state index < -0.39 is 17.7 Å². The molecule has 5 nitrogen and oxygen atoms in total. The van der Waals surface area contributed by atoms with Crippen LogP contribution in [-0.2, 0) is 14.3 Å². The molecule has 1 heterocycles. The lowest BCUT2D eigenvalue weighted by molar-refractivity contribution is -0.159. The average molecular weight is 299 g/mol. The number of carbonyl (C=O) groups excluding carboxylic acids is 2. The lowest BCUT2D eigenvalue weighted by Crippen LogP contribution is -2.44. The average Bonchev–Trinajstić information content (AvgIpc) is 2.63. The van der Waals surface area contributed by atoms with Gasteiger partial charge in [0, 0.05) is 6.54 Å². The molecule has 0 aromatic heterocycles. The minimum atomic E-state index is -0.554. The molecule has 0 N–H and O–H groups in total. The van der Waals surface area contributed by atoms with Crippen molar-refractivity contribution >= 4 is 12.1 Å². The van der Waals surface area contributed by atoms with Crippen LogP contribution in [0.2, 0.25) is 0 Å². The van der Waals surface area contributed by atoms with E-state index in [1.165, 1.54) is 4.90 Å². The fraction of sp³-hybridized carbons (Fsp3) is 0.875. The minimum absolute atomic E-state index is 0.106. The van der Waals surface area contributed by atoms with Crippen LogP contribution in [0.5, 0.6) is 0 Å². The standard InChI is InChI=1S/C16H29NO4/c1-7-8-9-20-14(19)17-11-16(5,6)10-12(17)13(18)21-15(2,3)4/h12H,7-11H2,1-6H3/t12-/m0/s1. The molecule has 0 bridgehead atoms. The van der Waals surface area contributed by atoms with Crippen molar-refractivity contribution in [2.45, 2.75) is 72.4 Å². The lowest BCUT2D eigenvalue weighted by Gasteiger charge is -2.26. The molecule has 0 unspecified atom stereocenters. The number of hydrogen-bond acceptors (Lipinski definition) is 4. The summed E-state index contributed by atoms with van der Waals surface area (Å²) >= 11 is 0. The summed E-state index contributed by atoms with van der Waals surface area (Å²) in [7, 11) is 0. The van der Waals surface area contributed by atoms with Crippen molar-refractivity contribution in [2.24, 2.45) is 5.41 Å². The zero-order valence-corrected chi connectivity index (χ0v) is 14.2. The van der Waals surface area contributed by atoms with E-state index in [-0.39, 0.29) is 11.4 Å². The number of amides is 1. The van der Waals surface area contributed by atoms with Gasteiger partial charge in [-0.1, -0.05) is 27.2 Å². The molecule has 1 fully saturated rings. The second-order valence-corrected chi connectivity index (χ2v) is 7.51. The molecule has 21 heavy (non-hydrogen) atoms. The fourth-order valence-corrected chi connectivity index (χ4v) is 2.43. The molecule has 1 saturated heterocycles. The van der Waals surface area contributed by atoms with E-state index in [0.29, 0.717) is 19.6 Å². The van der Waals surface area contributed by atoms with Gasteiger partial charge >= 0.3 is 12.1 Å². The number of unbranched alkanes of at least 4 members (excludes halogenated alkanes) is 1. The van der Waals surface area contributed by atoms with Crippen LogP contribution in [-0.4, -0.2) is 41.8 Å². The Hall–Kier alpha value is -1.26. The Morgan fingerprint density at radius 3 is 2.43 bits per heavy atom. The second-order valence-electron chi connectivity index (χ2n) is 7.51.